The van der Waals surface area contributed by atoms with Crippen LogP contribution in [-0.2, 0) is 18.3 Å². The summed E-state index contributed by atoms with van der Waals surface area (Å²) in [4.78, 5) is 22.0. The minimum absolute atomic E-state index is 0.196. The molecule has 262 valence electrons. The lowest BCUT2D eigenvalue weighted by Gasteiger charge is -2.41. The van der Waals surface area contributed by atoms with E-state index in [1.54, 1.807) is 18.0 Å². The molecule has 48 heavy (non-hydrogen) atoms. The van der Waals surface area contributed by atoms with E-state index >= 15 is 0 Å². The predicted molar refractivity (Wildman–Crippen MR) is 191 cm³/mol. The number of hydrogen-bond acceptors (Lipinski definition) is 9. The minimum atomic E-state index is -0.614. The van der Waals surface area contributed by atoms with Gasteiger partial charge in [0.2, 0.25) is 19.5 Å². The first-order chi connectivity index (χ1) is 22.6. The fourth-order valence-corrected chi connectivity index (χ4v) is 6.96. The molecule has 1 saturated heterocycles. The van der Waals surface area contributed by atoms with E-state index in [0.717, 1.165) is 41.4 Å². The molecule has 14 heteroatoms. The average molecular weight is 716 g/mol. The highest BCUT2D eigenvalue weighted by atomic mass is 35.5. The Balaban J connectivity index is 1.68. The molecule has 1 fully saturated rings. The van der Waals surface area contributed by atoms with Crippen LogP contribution in [0.5, 0.6) is 5.75 Å². The molecule has 0 aliphatic carbocycles. The lowest BCUT2D eigenvalue weighted by Crippen LogP contribution is -2.49. The first-order valence-electron chi connectivity index (χ1n) is 16.4. The molecular weight excluding hydrogens is 666 g/mol. The number of morpholine rings is 1. The van der Waals surface area contributed by atoms with E-state index < -0.39 is 23.4 Å². The van der Waals surface area contributed by atoms with Crippen molar-refractivity contribution in [2.45, 2.75) is 79.4 Å². The van der Waals surface area contributed by atoms with E-state index in [4.69, 9.17) is 44.7 Å². The molecule has 2 aromatic heterocycles. The Hall–Kier alpha value is -2.69. The van der Waals surface area contributed by atoms with Gasteiger partial charge in [-0.25, -0.2) is 9.78 Å². The second kappa shape index (κ2) is 16.3. The Labute approximate surface area is 295 Å². The number of carbonyl (C=O) groups excluding carboxylic acids is 1. The summed E-state index contributed by atoms with van der Waals surface area (Å²) >= 11 is 6.73. The quantitative estimate of drug-likeness (QED) is 0.135. The number of ether oxygens (including phenoxy) is 3. The Bertz CT molecular complexity index is 1520. The Morgan fingerprint density at radius 1 is 1.06 bits per heavy atom. The number of carbonyl (C=O) groups is 1. The number of anilines is 1. The first kappa shape index (κ1) is 38.1. The van der Waals surface area contributed by atoms with E-state index in [-0.39, 0.29) is 38.0 Å². The summed E-state index contributed by atoms with van der Waals surface area (Å²) in [6, 6.07) is 7.73. The number of benzene rings is 1. The summed E-state index contributed by atoms with van der Waals surface area (Å²) in [7, 11) is 2.22. The summed E-state index contributed by atoms with van der Waals surface area (Å²) in [6.45, 7) is 21.4. The summed E-state index contributed by atoms with van der Waals surface area (Å²) in [5.41, 5.74) is 2.35. The van der Waals surface area contributed by atoms with Crippen molar-refractivity contribution < 1.29 is 27.9 Å². The molecule has 1 aliphatic rings. The van der Waals surface area contributed by atoms with Crippen LogP contribution in [0.25, 0.3) is 16.9 Å². The molecular formula is C34H50ClN5O6Si2. The molecule has 3 heterocycles. The number of amides is 1. The second-order valence-electron chi connectivity index (χ2n) is 13.9. The third kappa shape index (κ3) is 9.51. The lowest BCUT2D eigenvalue weighted by molar-refractivity contribution is -0.115. The molecule has 0 spiro atoms. The van der Waals surface area contributed by atoms with Gasteiger partial charge in [-0.3, -0.25) is 0 Å². The first-order valence-corrected chi connectivity index (χ1v) is 19.6. The molecule has 1 aliphatic heterocycles. The van der Waals surface area contributed by atoms with Crippen LogP contribution in [0.2, 0.25) is 18.1 Å². The zero-order valence-corrected chi connectivity index (χ0v) is 32.7. The van der Waals surface area contributed by atoms with Gasteiger partial charge in [0, 0.05) is 60.2 Å². The number of fused-ring (bicyclic) bond motifs is 1. The molecule has 1 aromatic carbocycles. The highest BCUT2D eigenvalue weighted by Gasteiger charge is 2.40. The second-order valence-corrected chi connectivity index (χ2v) is 15.7. The standard InChI is InChI=1S/C34H50ClN5O6Si2/c1-22(2)27-19-36-40-29(39-11-13-42-14-12-39)18-28(37-30(27)40)23-15-25(35)17-26(16-23)43-21-24(20-38(8)32(41)44-33(3,4)5)34(6,7)31(45-47-9)46-48-10/h15-19,22,24,31H,11-14,20-21H2,1-10H3. The maximum atomic E-state index is 13.0. The highest BCUT2D eigenvalue weighted by molar-refractivity contribution is 6.31. The molecule has 0 saturated carbocycles. The van der Waals surface area contributed by atoms with Crippen LogP contribution in [-0.4, -0.2) is 104 Å². The van der Waals surface area contributed by atoms with Crippen molar-refractivity contribution in [2.24, 2.45) is 11.3 Å². The van der Waals surface area contributed by atoms with Crippen molar-refractivity contribution in [3.63, 3.8) is 0 Å². The van der Waals surface area contributed by atoms with Crippen LogP contribution in [0.4, 0.5) is 10.6 Å². The SMILES string of the molecule is C[Si]OC(O[Si]C)C(C)(C)C(COc1cc(Cl)cc(-c2cc(N3CCOCC3)n3ncc(C(C)C)c3n2)c1)CN(C)C(=O)OC(C)(C)C. The van der Waals surface area contributed by atoms with Gasteiger partial charge in [-0.2, -0.15) is 9.61 Å². The topological polar surface area (TPSA) is 99.9 Å². The van der Waals surface area contributed by atoms with E-state index in [1.807, 2.05) is 56.7 Å². The normalized spacial score (nSPS) is 15.0. The van der Waals surface area contributed by atoms with E-state index in [9.17, 15) is 4.79 Å². The van der Waals surface area contributed by atoms with E-state index in [2.05, 4.69) is 38.7 Å². The van der Waals surface area contributed by atoms with Crippen molar-refractivity contribution in [3.05, 3.63) is 41.0 Å². The number of halogens is 1. The summed E-state index contributed by atoms with van der Waals surface area (Å²) in [6.07, 6.45) is 1.02. The monoisotopic (exact) mass is 715 g/mol. The summed E-state index contributed by atoms with van der Waals surface area (Å²) in [5, 5.41) is 5.25. The third-order valence-electron chi connectivity index (χ3n) is 8.36. The van der Waals surface area contributed by atoms with Crippen LogP contribution >= 0.6 is 11.6 Å². The maximum Gasteiger partial charge on any atom is 0.410 e. The minimum Gasteiger partial charge on any atom is -0.493 e. The van der Waals surface area contributed by atoms with Gasteiger partial charge < -0.3 is 32.9 Å². The van der Waals surface area contributed by atoms with Gasteiger partial charge in [-0.05, 0) is 58.0 Å². The van der Waals surface area contributed by atoms with Crippen molar-refractivity contribution >= 4 is 48.7 Å². The Kier molecular flexibility index (Phi) is 13.0. The molecule has 0 N–H and O–H groups in total. The molecule has 1 atom stereocenters. The largest absolute Gasteiger partial charge is 0.493 e. The van der Waals surface area contributed by atoms with Gasteiger partial charge in [0.25, 0.3) is 0 Å². The smallest absolute Gasteiger partial charge is 0.410 e. The van der Waals surface area contributed by atoms with Gasteiger partial charge >= 0.3 is 6.09 Å². The van der Waals surface area contributed by atoms with Crippen molar-refractivity contribution in [1.29, 1.82) is 0 Å². The van der Waals surface area contributed by atoms with Gasteiger partial charge in [-0.1, -0.05) is 39.3 Å². The average Bonchev–Trinajstić information content (AvgIpc) is 3.46. The van der Waals surface area contributed by atoms with Gasteiger partial charge in [0.1, 0.15) is 23.5 Å². The number of aromatic nitrogens is 3. The zero-order chi connectivity index (χ0) is 35.2. The van der Waals surface area contributed by atoms with Crippen LogP contribution < -0.4 is 9.64 Å². The number of nitrogens with zero attached hydrogens (tertiary/aromatic N) is 5. The molecule has 1 amide bonds. The maximum absolute atomic E-state index is 13.0. The van der Waals surface area contributed by atoms with Gasteiger partial charge in [-0.15, -0.1) is 0 Å². The lowest BCUT2D eigenvalue weighted by atomic mass is 9.78. The van der Waals surface area contributed by atoms with Gasteiger partial charge in [0.05, 0.1) is 31.7 Å². The van der Waals surface area contributed by atoms with E-state index in [1.165, 1.54) is 0 Å². The fraction of sp³-hybridized carbons (Fsp3) is 0.618. The Morgan fingerprint density at radius 2 is 1.73 bits per heavy atom. The summed E-state index contributed by atoms with van der Waals surface area (Å²) in [5.74, 6) is 1.61. The van der Waals surface area contributed by atoms with Crippen molar-refractivity contribution in [1.82, 2.24) is 19.5 Å². The van der Waals surface area contributed by atoms with Crippen LogP contribution in [0.3, 0.4) is 0 Å². The Morgan fingerprint density at radius 3 is 2.33 bits per heavy atom. The molecule has 4 rings (SSSR count). The van der Waals surface area contributed by atoms with E-state index in [0.29, 0.717) is 30.5 Å². The third-order valence-corrected chi connectivity index (χ3v) is 9.48. The van der Waals surface area contributed by atoms with Crippen LogP contribution in [0.1, 0.15) is 59.9 Å². The highest BCUT2D eigenvalue weighted by Crippen LogP contribution is 2.37. The molecule has 4 radical (unpaired) electrons. The van der Waals surface area contributed by atoms with Gasteiger partial charge in [0.15, 0.2) is 5.65 Å². The number of rotatable bonds is 14. The van der Waals surface area contributed by atoms with Crippen molar-refractivity contribution in [3.8, 4) is 17.0 Å². The number of hydrogen-bond donors (Lipinski definition) is 0. The summed E-state index contributed by atoms with van der Waals surface area (Å²) < 4.78 is 31.9. The van der Waals surface area contributed by atoms with Crippen molar-refractivity contribution in [2.75, 3.05) is 51.4 Å². The molecule has 3 aromatic rings. The van der Waals surface area contributed by atoms with Crippen LogP contribution in [0.15, 0.2) is 30.5 Å². The molecule has 0 bridgehead atoms. The molecule has 1 unspecified atom stereocenters. The van der Waals surface area contributed by atoms with Crippen LogP contribution in [0, 0.1) is 11.3 Å². The fourth-order valence-electron chi connectivity index (χ4n) is 5.51. The molecule has 11 nitrogen and oxygen atoms in total. The predicted octanol–water partition coefficient (Wildman–Crippen LogP) is 6.59. The zero-order valence-electron chi connectivity index (χ0n) is 29.9.